The first-order chi connectivity index (χ1) is 9.19. The lowest BCUT2D eigenvalue weighted by Crippen LogP contribution is -2.45. The SMILES string of the molecule is CC(N[C@H](C)c1cccc(Br)c1)C(=O)NCC(F)(F)F. The minimum atomic E-state index is -4.40. The summed E-state index contributed by atoms with van der Waals surface area (Å²) in [4.78, 5) is 11.5. The molecule has 1 aromatic rings. The molecule has 0 aromatic heterocycles. The molecule has 0 saturated carbocycles. The second-order valence-corrected chi connectivity index (χ2v) is 5.41. The van der Waals surface area contributed by atoms with E-state index in [-0.39, 0.29) is 6.04 Å². The summed E-state index contributed by atoms with van der Waals surface area (Å²) in [5.41, 5.74) is 0.940. The van der Waals surface area contributed by atoms with Gasteiger partial charge in [-0.25, -0.2) is 0 Å². The molecule has 0 bridgehead atoms. The fourth-order valence-corrected chi connectivity index (χ4v) is 2.08. The van der Waals surface area contributed by atoms with Gasteiger partial charge in [0.1, 0.15) is 6.54 Å². The van der Waals surface area contributed by atoms with Gasteiger partial charge in [0, 0.05) is 10.5 Å². The Kier molecular flexibility index (Phi) is 6.01. The average Bonchev–Trinajstić information content (AvgIpc) is 2.34. The Morgan fingerprint density at radius 3 is 2.55 bits per heavy atom. The zero-order chi connectivity index (χ0) is 15.3. The van der Waals surface area contributed by atoms with Crippen LogP contribution in [0.1, 0.15) is 25.5 Å². The van der Waals surface area contributed by atoms with Gasteiger partial charge in [-0.2, -0.15) is 13.2 Å². The fourth-order valence-electron chi connectivity index (χ4n) is 1.66. The number of carbonyl (C=O) groups excluding carboxylic acids is 1. The van der Waals surface area contributed by atoms with Gasteiger partial charge in [0.05, 0.1) is 6.04 Å². The molecule has 1 amide bonds. The molecule has 2 atom stereocenters. The third kappa shape index (κ3) is 5.92. The van der Waals surface area contributed by atoms with Crippen LogP contribution >= 0.6 is 15.9 Å². The van der Waals surface area contributed by atoms with E-state index in [1.165, 1.54) is 6.92 Å². The van der Waals surface area contributed by atoms with Crippen LogP contribution in [0, 0.1) is 0 Å². The maximum Gasteiger partial charge on any atom is 0.405 e. The van der Waals surface area contributed by atoms with Gasteiger partial charge in [-0.15, -0.1) is 0 Å². The molecular weight excluding hydrogens is 337 g/mol. The highest BCUT2D eigenvalue weighted by molar-refractivity contribution is 9.10. The van der Waals surface area contributed by atoms with Gasteiger partial charge >= 0.3 is 6.18 Å². The van der Waals surface area contributed by atoms with Crippen LogP contribution in [0.15, 0.2) is 28.7 Å². The van der Waals surface area contributed by atoms with Crippen molar-refractivity contribution in [1.82, 2.24) is 10.6 Å². The lowest BCUT2D eigenvalue weighted by atomic mass is 10.1. The second-order valence-electron chi connectivity index (χ2n) is 4.50. The Labute approximate surface area is 124 Å². The number of benzene rings is 1. The Bertz CT molecular complexity index is 465. The van der Waals surface area contributed by atoms with Crippen molar-refractivity contribution in [2.75, 3.05) is 6.54 Å². The summed E-state index contributed by atoms with van der Waals surface area (Å²) in [6.45, 7) is 2.05. The van der Waals surface area contributed by atoms with Crippen LogP contribution in [0.4, 0.5) is 13.2 Å². The maximum atomic E-state index is 12.0. The average molecular weight is 353 g/mol. The molecule has 0 aliphatic heterocycles. The van der Waals surface area contributed by atoms with Crippen LogP contribution in [0.5, 0.6) is 0 Å². The molecule has 1 rings (SSSR count). The lowest BCUT2D eigenvalue weighted by Gasteiger charge is -2.20. The lowest BCUT2D eigenvalue weighted by molar-refractivity contribution is -0.139. The van der Waals surface area contributed by atoms with Crippen LogP contribution in [0.25, 0.3) is 0 Å². The molecule has 1 aromatic carbocycles. The Morgan fingerprint density at radius 1 is 1.35 bits per heavy atom. The minimum Gasteiger partial charge on any atom is -0.346 e. The fraction of sp³-hybridized carbons (Fsp3) is 0.462. The number of nitrogens with one attached hydrogen (secondary N) is 2. The molecule has 2 N–H and O–H groups in total. The third-order valence-corrected chi connectivity index (χ3v) is 3.20. The van der Waals surface area contributed by atoms with Crippen LogP contribution < -0.4 is 10.6 Å². The predicted octanol–water partition coefficient (Wildman–Crippen LogP) is 3.17. The zero-order valence-electron chi connectivity index (χ0n) is 11.1. The number of rotatable bonds is 5. The number of amides is 1. The molecule has 0 fully saturated rings. The van der Waals surface area contributed by atoms with E-state index in [1.54, 1.807) is 0 Å². The topological polar surface area (TPSA) is 41.1 Å². The van der Waals surface area contributed by atoms with Crippen molar-refractivity contribution in [3.05, 3.63) is 34.3 Å². The van der Waals surface area contributed by atoms with Crippen molar-refractivity contribution in [2.24, 2.45) is 0 Å². The molecular formula is C13H16BrF3N2O. The van der Waals surface area contributed by atoms with E-state index in [4.69, 9.17) is 0 Å². The van der Waals surface area contributed by atoms with E-state index >= 15 is 0 Å². The van der Waals surface area contributed by atoms with E-state index in [0.29, 0.717) is 0 Å². The summed E-state index contributed by atoms with van der Waals surface area (Å²) in [5.74, 6) is -0.677. The molecule has 0 saturated heterocycles. The normalized spacial score (nSPS) is 14.7. The van der Waals surface area contributed by atoms with Crippen molar-refractivity contribution >= 4 is 21.8 Å². The molecule has 20 heavy (non-hydrogen) atoms. The summed E-state index contributed by atoms with van der Waals surface area (Å²) < 4.78 is 36.9. The number of alkyl halides is 3. The van der Waals surface area contributed by atoms with Crippen molar-refractivity contribution in [3.63, 3.8) is 0 Å². The van der Waals surface area contributed by atoms with Gasteiger partial charge in [-0.3, -0.25) is 10.1 Å². The monoisotopic (exact) mass is 352 g/mol. The first-order valence-electron chi connectivity index (χ1n) is 6.05. The Morgan fingerprint density at radius 2 is 2.00 bits per heavy atom. The van der Waals surface area contributed by atoms with Crippen molar-refractivity contribution in [1.29, 1.82) is 0 Å². The van der Waals surface area contributed by atoms with Crippen LogP contribution in [0.3, 0.4) is 0 Å². The molecule has 0 radical (unpaired) electrons. The molecule has 112 valence electrons. The molecule has 0 aliphatic carbocycles. The smallest absolute Gasteiger partial charge is 0.346 e. The van der Waals surface area contributed by atoms with E-state index in [9.17, 15) is 18.0 Å². The molecule has 1 unspecified atom stereocenters. The largest absolute Gasteiger partial charge is 0.405 e. The van der Waals surface area contributed by atoms with Crippen molar-refractivity contribution < 1.29 is 18.0 Å². The Balaban J connectivity index is 2.53. The maximum absolute atomic E-state index is 12.0. The highest BCUT2D eigenvalue weighted by Gasteiger charge is 2.28. The first kappa shape index (κ1) is 17.0. The number of hydrogen-bond donors (Lipinski definition) is 2. The standard InChI is InChI=1S/C13H16BrF3N2O/c1-8(10-4-3-5-11(14)6-10)19-9(2)12(20)18-7-13(15,16)17/h3-6,8-9,19H,7H2,1-2H3,(H,18,20)/t8-,9?/m1/s1. The van der Waals surface area contributed by atoms with Gasteiger partial charge in [0.25, 0.3) is 0 Å². The van der Waals surface area contributed by atoms with E-state index in [1.807, 2.05) is 36.5 Å². The van der Waals surface area contributed by atoms with E-state index in [0.717, 1.165) is 10.0 Å². The van der Waals surface area contributed by atoms with E-state index in [2.05, 4.69) is 21.2 Å². The van der Waals surface area contributed by atoms with Gasteiger partial charge in [-0.05, 0) is 31.5 Å². The molecule has 0 heterocycles. The third-order valence-electron chi connectivity index (χ3n) is 2.71. The van der Waals surface area contributed by atoms with Gasteiger partial charge in [0.2, 0.25) is 5.91 Å². The number of halogens is 4. The van der Waals surface area contributed by atoms with Gasteiger partial charge < -0.3 is 5.32 Å². The zero-order valence-corrected chi connectivity index (χ0v) is 12.7. The Hall–Kier alpha value is -1.08. The summed E-state index contributed by atoms with van der Waals surface area (Å²) >= 11 is 3.34. The van der Waals surface area contributed by atoms with Gasteiger partial charge in [-0.1, -0.05) is 28.1 Å². The van der Waals surface area contributed by atoms with Crippen molar-refractivity contribution in [2.45, 2.75) is 32.1 Å². The van der Waals surface area contributed by atoms with Gasteiger partial charge in [0.15, 0.2) is 0 Å². The molecule has 0 aliphatic rings. The predicted molar refractivity (Wildman–Crippen MR) is 74.2 cm³/mol. The summed E-state index contributed by atoms with van der Waals surface area (Å²) in [7, 11) is 0. The molecule has 0 spiro atoms. The summed E-state index contributed by atoms with van der Waals surface area (Å²) in [6, 6.07) is 6.62. The number of hydrogen-bond acceptors (Lipinski definition) is 2. The number of carbonyl (C=O) groups is 1. The quantitative estimate of drug-likeness (QED) is 0.854. The van der Waals surface area contributed by atoms with Crippen LogP contribution in [-0.4, -0.2) is 24.7 Å². The second kappa shape index (κ2) is 7.08. The van der Waals surface area contributed by atoms with Crippen LogP contribution in [-0.2, 0) is 4.79 Å². The first-order valence-corrected chi connectivity index (χ1v) is 6.84. The molecule has 7 heteroatoms. The van der Waals surface area contributed by atoms with Crippen molar-refractivity contribution in [3.8, 4) is 0 Å². The van der Waals surface area contributed by atoms with E-state index < -0.39 is 24.7 Å². The summed E-state index contributed by atoms with van der Waals surface area (Å²) in [6.07, 6.45) is -4.40. The highest BCUT2D eigenvalue weighted by Crippen LogP contribution is 2.18. The van der Waals surface area contributed by atoms with Crippen LogP contribution in [0.2, 0.25) is 0 Å². The minimum absolute atomic E-state index is 0.154. The molecule has 3 nitrogen and oxygen atoms in total. The summed E-state index contributed by atoms with van der Waals surface area (Å²) in [5, 5.41) is 4.81. The highest BCUT2D eigenvalue weighted by atomic mass is 79.9.